The molecule has 6 heteroatoms. The molecule has 0 bridgehead atoms. The zero-order valence-corrected chi connectivity index (χ0v) is 10.5. The van der Waals surface area contributed by atoms with E-state index >= 15 is 0 Å². The molecule has 0 aromatic carbocycles. The van der Waals surface area contributed by atoms with E-state index in [1.54, 1.807) is 0 Å². The van der Waals surface area contributed by atoms with Crippen LogP contribution in [0, 0.1) is 11.3 Å². The molecule has 1 saturated heterocycles. The molecule has 1 unspecified atom stereocenters. The van der Waals surface area contributed by atoms with Crippen molar-refractivity contribution >= 4 is 23.5 Å². The molecule has 2 heterocycles. The van der Waals surface area contributed by atoms with Crippen molar-refractivity contribution in [2.75, 3.05) is 17.3 Å². The van der Waals surface area contributed by atoms with Crippen LogP contribution in [-0.4, -0.2) is 27.4 Å². The van der Waals surface area contributed by atoms with Crippen molar-refractivity contribution < 1.29 is 4.52 Å². The molecule has 0 aliphatic carbocycles. The van der Waals surface area contributed by atoms with E-state index in [0.717, 1.165) is 23.8 Å². The lowest BCUT2D eigenvalue weighted by Gasteiger charge is -2.16. The third kappa shape index (κ3) is 3.16. The summed E-state index contributed by atoms with van der Waals surface area (Å²) in [7, 11) is 0. The van der Waals surface area contributed by atoms with Gasteiger partial charge in [-0.05, 0) is 6.42 Å². The van der Waals surface area contributed by atoms with Gasteiger partial charge in [0, 0.05) is 30.1 Å². The maximum Gasteiger partial charge on any atom is 0.226 e. The lowest BCUT2D eigenvalue weighted by Crippen LogP contribution is -2.08. The van der Waals surface area contributed by atoms with E-state index in [-0.39, 0.29) is 0 Å². The highest BCUT2D eigenvalue weighted by molar-refractivity contribution is 8.06. The highest BCUT2D eigenvalue weighted by Crippen LogP contribution is 2.35. The summed E-state index contributed by atoms with van der Waals surface area (Å²) in [6.45, 7) is 0. The van der Waals surface area contributed by atoms with E-state index in [0.29, 0.717) is 24.0 Å². The van der Waals surface area contributed by atoms with Gasteiger partial charge in [-0.25, -0.2) is 0 Å². The quantitative estimate of drug-likeness (QED) is 0.770. The fourth-order valence-corrected chi connectivity index (χ4v) is 4.04. The van der Waals surface area contributed by atoms with Crippen LogP contribution in [0.1, 0.15) is 29.8 Å². The number of rotatable bonds is 4. The molecule has 2 rings (SSSR count). The van der Waals surface area contributed by atoms with E-state index in [4.69, 9.17) is 9.78 Å². The molecule has 1 fully saturated rings. The minimum Gasteiger partial charge on any atom is -0.339 e. The van der Waals surface area contributed by atoms with Gasteiger partial charge in [0.05, 0.1) is 11.3 Å². The largest absolute Gasteiger partial charge is 0.339 e. The lowest BCUT2D eigenvalue weighted by atomic mass is 10.2. The fraction of sp³-hybridized carbons (Fsp3) is 0.700. The number of nitrogens with zero attached hydrogens (tertiary/aromatic N) is 3. The Morgan fingerprint density at radius 2 is 2.44 bits per heavy atom. The van der Waals surface area contributed by atoms with E-state index in [2.05, 4.69) is 16.2 Å². The summed E-state index contributed by atoms with van der Waals surface area (Å²) in [5, 5.41) is 12.8. The number of thioether (sulfide) groups is 2. The summed E-state index contributed by atoms with van der Waals surface area (Å²) in [6.07, 6.45) is 2.06. The van der Waals surface area contributed by atoms with E-state index < -0.39 is 0 Å². The van der Waals surface area contributed by atoms with Gasteiger partial charge in [0.25, 0.3) is 0 Å². The van der Waals surface area contributed by atoms with Gasteiger partial charge in [0.2, 0.25) is 5.89 Å². The summed E-state index contributed by atoms with van der Waals surface area (Å²) < 4.78 is 5.17. The monoisotopic (exact) mass is 255 g/mol. The van der Waals surface area contributed by atoms with Crippen molar-refractivity contribution in [1.82, 2.24) is 10.1 Å². The first kappa shape index (κ1) is 11.8. The summed E-state index contributed by atoms with van der Waals surface area (Å²) in [5.41, 5.74) is 0. The number of unbranched alkanes of at least 4 members (excludes halogenated alkanes) is 1. The maximum absolute atomic E-state index is 8.43. The molecule has 0 N–H and O–H groups in total. The molecule has 1 aromatic rings. The van der Waals surface area contributed by atoms with Crippen molar-refractivity contribution in [2.45, 2.75) is 24.5 Å². The van der Waals surface area contributed by atoms with Crippen LogP contribution in [0.4, 0.5) is 0 Å². The molecule has 4 nitrogen and oxygen atoms in total. The smallest absolute Gasteiger partial charge is 0.226 e. The first-order valence-electron chi connectivity index (χ1n) is 5.29. The normalized spacial score (nSPS) is 20.6. The van der Waals surface area contributed by atoms with E-state index in [1.165, 1.54) is 5.75 Å². The molecule has 0 radical (unpaired) electrons. The maximum atomic E-state index is 8.43. The number of hydrogen-bond acceptors (Lipinski definition) is 6. The highest BCUT2D eigenvalue weighted by Gasteiger charge is 2.21. The summed E-state index contributed by atoms with van der Waals surface area (Å²) >= 11 is 3.84. The number of hydrogen-bond donors (Lipinski definition) is 0. The minimum atomic E-state index is 0.382. The molecule has 86 valence electrons. The average molecular weight is 255 g/mol. The van der Waals surface area contributed by atoms with Crippen LogP contribution < -0.4 is 0 Å². The molecule has 1 aromatic heterocycles. The van der Waals surface area contributed by atoms with E-state index in [1.807, 2.05) is 23.5 Å². The molecule has 1 aliphatic rings. The second-order valence-electron chi connectivity index (χ2n) is 3.49. The van der Waals surface area contributed by atoms with Crippen LogP contribution >= 0.6 is 23.5 Å². The molecule has 16 heavy (non-hydrogen) atoms. The third-order valence-corrected chi connectivity index (χ3v) is 5.02. The number of aromatic nitrogens is 2. The summed E-state index contributed by atoms with van der Waals surface area (Å²) in [6, 6.07) is 2.11. The van der Waals surface area contributed by atoms with Crippen molar-refractivity contribution in [2.24, 2.45) is 0 Å². The molecule has 1 atom stereocenters. The minimum absolute atomic E-state index is 0.382. The number of nitriles is 1. The summed E-state index contributed by atoms with van der Waals surface area (Å²) in [4.78, 5) is 4.38. The van der Waals surface area contributed by atoms with Crippen LogP contribution in [0.2, 0.25) is 0 Å². The Hall–Kier alpha value is -0.670. The van der Waals surface area contributed by atoms with Gasteiger partial charge < -0.3 is 4.52 Å². The Balaban J connectivity index is 1.88. The molecular weight excluding hydrogens is 242 g/mol. The van der Waals surface area contributed by atoms with Gasteiger partial charge in [0.1, 0.15) is 0 Å². The Labute approximate surface area is 103 Å². The lowest BCUT2D eigenvalue weighted by molar-refractivity contribution is 0.371. The zero-order valence-electron chi connectivity index (χ0n) is 8.89. The predicted octanol–water partition coefficient (Wildman–Crippen LogP) is 2.44. The van der Waals surface area contributed by atoms with Crippen LogP contribution in [0.15, 0.2) is 4.52 Å². The average Bonchev–Trinajstić information content (AvgIpc) is 2.79. The van der Waals surface area contributed by atoms with Crippen molar-refractivity contribution in [3.8, 4) is 6.07 Å². The van der Waals surface area contributed by atoms with Gasteiger partial charge in [-0.15, -0.1) is 11.8 Å². The first-order valence-corrected chi connectivity index (χ1v) is 7.49. The van der Waals surface area contributed by atoms with Crippen molar-refractivity contribution in [1.29, 1.82) is 5.26 Å². The Morgan fingerprint density at radius 3 is 3.19 bits per heavy atom. The van der Waals surface area contributed by atoms with Crippen LogP contribution in [0.3, 0.4) is 0 Å². The van der Waals surface area contributed by atoms with Crippen LogP contribution in [0.5, 0.6) is 0 Å². The Bertz CT molecular complexity index is 368. The molecule has 1 aliphatic heterocycles. The molecule has 0 spiro atoms. The highest BCUT2D eigenvalue weighted by atomic mass is 32.2. The van der Waals surface area contributed by atoms with Gasteiger partial charge in [-0.2, -0.15) is 22.0 Å². The SMILES string of the molecule is N#CCCCc1nc(C2CSCCS2)no1. The fourth-order valence-electron chi connectivity index (χ4n) is 1.46. The standard InChI is InChI=1S/C10H13N3OS2/c11-4-2-1-3-9-12-10(13-14-9)8-7-15-5-6-16-8/h8H,1-3,5-7H2. The second kappa shape index (κ2) is 6.16. The van der Waals surface area contributed by atoms with Gasteiger partial charge in [-0.1, -0.05) is 5.16 Å². The van der Waals surface area contributed by atoms with Crippen LogP contribution in [-0.2, 0) is 6.42 Å². The molecule has 0 amide bonds. The van der Waals surface area contributed by atoms with Gasteiger partial charge in [0.15, 0.2) is 5.82 Å². The summed E-state index contributed by atoms with van der Waals surface area (Å²) in [5.74, 6) is 4.94. The van der Waals surface area contributed by atoms with E-state index in [9.17, 15) is 0 Å². The first-order chi connectivity index (χ1) is 7.90. The predicted molar refractivity (Wildman–Crippen MR) is 65.4 cm³/mol. The van der Waals surface area contributed by atoms with Gasteiger partial charge >= 0.3 is 0 Å². The Morgan fingerprint density at radius 1 is 1.50 bits per heavy atom. The molecular formula is C10H13N3OS2. The van der Waals surface area contributed by atoms with Crippen LogP contribution in [0.25, 0.3) is 0 Å². The number of aryl methyl sites for hydroxylation is 1. The zero-order chi connectivity index (χ0) is 11.2. The van der Waals surface area contributed by atoms with Crippen molar-refractivity contribution in [3.05, 3.63) is 11.7 Å². The van der Waals surface area contributed by atoms with Gasteiger partial charge in [-0.3, -0.25) is 0 Å². The molecule has 0 saturated carbocycles. The third-order valence-electron chi connectivity index (χ3n) is 2.27. The second-order valence-corrected chi connectivity index (χ2v) is 5.95. The Kier molecular flexibility index (Phi) is 4.55. The van der Waals surface area contributed by atoms with Crippen molar-refractivity contribution in [3.63, 3.8) is 0 Å². The topological polar surface area (TPSA) is 62.7 Å².